The van der Waals surface area contributed by atoms with E-state index in [2.05, 4.69) is 15.3 Å². The van der Waals surface area contributed by atoms with Crippen LogP contribution in [-0.4, -0.2) is 28.2 Å². The predicted octanol–water partition coefficient (Wildman–Crippen LogP) is 4.08. The number of nitrogens with one attached hydrogen (secondary N) is 1. The largest absolute Gasteiger partial charge is 0.496 e. The third kappa shape index (κ3) is 4.46. The smallest absolute Gasteiger partial charge is 0.216 e. The molecular formula is C19H18N4O2S. The zero-order chi connectivity index (χ0) is 18.2. The first kappa shape index (κ1) is 17.6. The van der Waals surface area contributed by atoms with Crippen molar-refractivity contribution in [3.63, 3.8) is 0 Å². The summed E-state index contributed by atoms with van der Waals surface area (Å²) >= 11 is 5.22. The standard InChI is InChI=1S/C19H18N4O2S/c1-24-17-12-6-5-8-15(17)9-7-13-20-23-18(21-22-19(23)26)14-25-16-10-3-2-4-11-16/h2-13H,14H2,1H3,(H,22,26). The summed E-state index contributed by atoms with van der Waals surface area (Å²) in [7, 11) is 1.64. The molecule has 3 rings (SSSR count). The molecule has 0 saturated carbocycles. The maximum absolute atomic E-state index is 5.69. The van der Waals surface area contributed by atoms with Gasteiger partial charge in [0.05, 0.1) is 7.11 Å². The Labute approximate surface area is 156 Å². The van der Waals surface area contributed by atoms with Gasteiger partial charge in [0, 0.05) is 11.8 Å². The Morgan fingerprint density at radius 2 is 1.92 bits per heavy atom. The van der Waals surface area contributed by atoms with E-state index in [1.165, 1.54) is 4.68 Å². The summed E-state index contributed by atoms with van der Waals surface area (Å²) in [6.45, 7) is 0.255. The monoisotopic (exact) mass is 366 g/mol. The Morgan fingerprint density at radius 3 is 2.73 bits per heavy atom. The number of H-pyrrole nitrogens is 1. The molecule has 2 aromatic carbocycles. The zero-order valence-electron chi connectivity index (χ0n) is 14.2. The molecule has 0 saturated heterocycles. The molecule has 0 fully saturated rings. The van der Waals surface area contributed by atoms with Crippen molar-refractivity contribution in [1.82, 2.24) is 14.9 Å². The van der Waals surface area contributed by atoms with Gasteiger partial charge in [0.2, 0.25) is 4.77 Å². The van der Waals surface area contributed by atoms with Crippen molar-refractivity contribution in [3.05, 3.63) is 76.8 Å². The van der Waals surface area contributed by atoms with E-state index in [1.54, 1.807) is 13.3 Å². The van der Waals surface area contributed by atoms with E-state index in [-0.39, 0.29) is 6.61 Å². The van der Waals surface area contributed by atoms with Crippen LogP contribution in [0.25, 0.3) is 6.08 Å². The van der Waals surface area contributed by atoms with Crippen molar-refractivity contribution in [3.8, 4) is 11.5 Å². The van der Waals surface area contributed by atoms with Gasteiger partial charge in [-0.05, 0) is 42.6 Å². The molecule has 0 atom stereocenters. The van der Waals surface area contributed by atoms with E-state index in [4.69, 9.17) is 21.7 Å². The van der Waals surface area contributed by atoms with Crippen molar-refractivity contribution >= 4 is 24.5 Å². The van der Waals surface area contributed by atoms with Crippen molar-refractivity contribution < 1.29 is 9.47 Å². The van der Waals surface area contributed by atoms with Crippen molar-refractivity contribution in [2.24, 2.45) is 5.10 Å². The van der Waals surface area contributed by atoms with E-state index in [0.717, 1.165) is 17.1 Å². The molecule has 1 N–H and O–H groups in total. The lowest BCUT2D eigenvalue weighted by atomic mass is 10.2. The Hall–Kier alpha value is -3.19. The Morgan fingerprint density at radius 1 is 1.15 bits per heavy atom. The summed E-state index contributed by atoms with van der Waals surface area (Å²) in [6.07, 6.45) is 5.37. The maximum Gasteiger partial charge on any atom is 0.216 e. The fourth-order valence-electron chi connectivity index (χ4n) is 2.26. The van der Waals surface area contributed by atoms with E-state index >= 15 is 0 Å². The molecular weight excluding hydrogens is 348 g/mol. The summed E-state index contributed by atoms with van der Waals surface area (Å²) in [5, 5.41) is 11.2. The normalized spacial score (nSPS) is 11.3. The second-order valence-electron chi connectivity index (χ2n) is 5.22. The van der Waals surface area contributed by atoms with Crippen LogP contribution in [0.15, 0.2) is 65.8 Å². The Balaban J connectivity index is 1.69. The lowest BCUT2D eigenvalue weighted by Gasteiger charge is -2.04. The van der Waals surface area contributed by atoms with Crippen LogP contribution in [0.3, 0.4) is 0 Å². The number of rotatable bonds is 7. The summed E-state index contributed by atoms with van der Waals surface area (Å²) in [6, 6.07) is 17.3. The Bertz CT molecular complexity index is 961. The lowest BCUT2D eigenvalue weighted by Crippen LogP contribution is -2.03. The molecule has 0 aliphatic carbocycles. The first-order valence-electron chi connectivity index (χ1n) is 7.96. The molecule has 0 radical (unpaired) electrons. The van der Waals surface area contributed by atoms with Crippen LogP contribution in [0.4, 0.5) is 0 Å². The SMILES string of the molecule is COc1ccccc1C=CC=Nn1c(COc2ccccc2)n[nH]c1=S. The maximum atomic E-state index is 5.69. The summed E-state index contributed by atoms with van der Waals surface area (Å²) in [5.41, 5.74) is 0.963. The molecule has 7 heteroatoms. The van der Waals surface area contributed by atoms with Crippen molar-refractivity contribution in [2.75, 3.05) is 7.11 Å². The van der Waals surface area contributed by atoms with E-state index in [9.17, 15) is 0 Å². The molecule has 0 aliphatic rings. The van der Waals surface area contributed by atoms with E-state index in [1.807, 2.05) is 66.7 Å². The van der Waals surface area contributed by atoms with Crippen LogP contribution in [0.5, 0.6) is 11.5 Å². The summed E-state index contributed by atoms with van der Waals surface area (Å²) in [5.74, 6) is 2.14. The van der Waals surface area contributed by atoms with Crippen molar-refractivity contribution in [2.45, 2.75) is 6.61 Å². The number of methoxy groups -OCH3 is 1. The molecule has 0 unspecified atom stereocenters. The number of aromatic nitrogens is 3. The minimum Gasteiger partial charge on any atom is -0.496 e. The number of benzene rings is 2. The number of allylic oxidation sites excluding steroid dienone is 1. The minimum atomic E-state index is 0.255. The van der Waals surface area contributed by atoms with Gasteiger partial charge >= 0.3 is 0 Å². The molecule has 0 bridgehead atoms. The Kier molecular flexibility index (Phi) is 5.95. The topological polar surface area (TPSA) is 64.4 Å². The number of hydrogen-bond acceptors (Lipinski definition) is 5. The number of ether oxygens (including phenoxy) is 2. The van der Waals surface area contributed by atoms with Crippen LogP contribution < -0.4 is 9.47 Å². The molecule has 3 aromatic rings. The third-order valence-electron chi connectivity index (χ3n) is 3.51. The highest BCUT2D eigenvalue weighted by atomic mass is 32.1. The second-order valence-corrected chi connectivity index (χ2v) is 5.61. The van der Waals surface area contributed by atoms with Gasteiger partial charge in [0.1, 0.15) is 18.1 Å². The number of para-hydroxylation sites is 2. The number of nitrogens with zero attached hydrogens (tertiary/aromatic N) is 3. The first-order valence-corrected chi connectivity index (χ1v) is 8.37. The first-order chi connectivity index (χ1) is 12.8. The predicted molar refractivity (Wildman–Crippen MR) is 104 cm³/mol. The fourth-order valence-corrected chi connectivity index (χ4v) is 2.46. The molecule has 6 nitrogen and oxygen atoms in total. The quantitative estimate of drug-likeness (QED) is 0.506. The van der Waals surface area contributed by atoms with Gasteiger partial charge in [0.15, 0.2) is 5.82 Å². The average molecular weight is 366 g/mol. The third-order valence-corrected chi connectivity index (χ3v) is 3.78. The second kappa shape index (κ2) is 8.77. The molecule has 0 amide bonds. The number of aromatic amines is 1. The summed E-state index contributed by atoms with van der Waals surface area (Å²) < 4.78 is 12.9. The van der Waals surface area contributed by atoms with Gasteiger partial charge in [-0.15, -0.1) is 0 Å². The highest BCUT2D eigenvalue weighted by Crippen LogP contribution is 2.18. The summed E-state index contributed by atoms with van der Waals surface area (Å²) in [4.78, 5) is 0. The number of hydrogen-bond donors (Lipinski definition) is 1. The van der Waals surface area contributed by atoms with Gasteiger partial charge < -0.3 is 9.47 Å². The van der Waals surface area contributed by atoms with E-state index < -0.39 is 0 Å². The molecule has 1 heterocycles. The highest BCUT2D eigenvalue weighted by Gasteiger charge is 2.05. The van der Waals surface area contributed by atoms with Gasteiger partial charge in [-0.2, -0.15) is 14.9 Å². The van der Waals surface area contributed by atoms with Gasteiger partial charge in [0.25, 0.3) is 0 Å². The van der Waals surface area contributed by atoms with Gasteiger partial charge in [-0.3, -0.25) is 0 Å². The van der Waals surface area contributed by atoms with Crippen LogP contribution in [0, 0.1) is 4.77 Å². The molecule has 1 aromatic heterocycles. The molecule has 0 aliphatic heterocycles. The lowest BCUT2D eigenvalue weighted by molar-refractivity contribution is 0.290. The van der Waals surface area contributed by atoms with Crippen LogP contribution in [-0.2, 0) is 6.61 Å². The van der Waals surface area contributed by atoms with Crippen LogP contribution >= 0.6 is 12.2 Å². The zero-order valence-corrected chi connectivity index (χ0v) is 15.0. The van der Waals surface area contributed by atoms with Crippen LogP contribution in [0.2, 0.25) is 0 Å². The molecule has 26 heavy (non-hydrogen) atoms. The van der Waals surface area contributed by atoms with Gasteiger partial charge in [-0.1, -0.05) is 36.4 Å². The average Bonchev–Trinajstić information content (AvgIpc) is 3.04. The van der Waals surface area contributed by atoms with Crippen molar-refractivity contribution in [1.29, 1.82) is 0 Å². The minimum absolute atomic E-state index is 0.255. The van der Waals surface area contributed by atoms with Crippen LogP contribution in [0.1, 0.15) is 11.4 Å². The fraction of sp³-hybridized carbons (Fsp3) is 0.105. The highest BCUT2D eigenvalue weighted by molar-refractivity contribution is 7.71. The van der Waals surface area contributed by atoms with E-state index in [0.29, 0.717) is 10.6 Å². The molecule has 132 valence electrons. The molecule has 0 spiro atoms. The van der Waals surface area contributed by atoms with Gasteiger partial charge in [-0.25, -0.2) is 5.10 Å².